The topological polar surface area (TPSA) is 215 Å². The monoisotopic (exact) mass is 971 g/mol. The summed E-state index contributed by atoms with van der Waals surface area (Å²) < 4.78 is 68.0. The van der Waals surface area contributed by atoms with Crippen molar-refractivity contribution in [2.24, 2.45) is 5.41 Å². The fourth-order valence-corrected chi connectivity index (χ4v) is 11.0. The average molecular weight is 973 g/mol. The number of aromatic nitrogens is 4. The molecule has 2 fully saturated rings. The first-order valence-corrected chi connectivity index (χ1v) is 25.6. The Kier molecular flexibility index (Phi) is 12.6. The first-order chi connectivity index (χ1) is 31.9. The second-order valence-corrected chi connectivity index (χ2v) is 22.1. The largest absolute Gasteiger partial charge is 0.484 e. The van der Waals surface area contributed by atoms with Gasteiger partial charge < -0.3 is 19.4 Å². The number of nitrogens with one attached hydrogen (secondary N) is 2. The number of sulfonamides is 2. The Morgan fingerprint density at radius 3 is 2.54 bits per heavy atom. The summed E-state index contributed by atoms with van der Waals surface area (Å²) >= 11 is 6.25. The van der Waals surface area contributed by atoms with Crippen LogP contribution in [0.1, 0.15) is 49.0 Å². The van der Waals surface area contributed by atoms with Gasteiger partial charge in [-0.3, -0.25) is 19.8 Å². The van der Waals surface area contributed by atoms with E-state index in [1.807, 2.05) is 30.3 Å². The summed E-state index contributed by atoms with van der Waals surface area (Å²) in [6, 6.07) is 20.0. The van der Waals surface area contributed by atoms with E-state index in [9.17, 15) is 31.7 Å². The highest BCUT2D eigenvalue weighted by Crippen LogP contribution is 2.43. The van der Waals surface area contributed by atoms with Crippen molar-refractivity contribution in [3.63, 3.8) is 0 Å². The van der Waals surface area contributed by atoms with E-state index >= 15 is 0 Å². The highest BCUT2D eigenvalue weighted by Gasteiger charge is 2.32. The number of piperazine rings is 1. The molecule has 0 radical (unpaired) electrons. The van der Waals surface area contributed by atoms with E-state index in [0.717, 1.165) is 74.4 Å². The molecule has 18 nitrogen and oxygen atoms in total. The number of rotatable bonds is 13. The first-order valence-electron chi connectivity index (χ1n) is 21.9. The van der Waals surface area contributed by atoms with Crippen LogP contribution in [0.2, 0.25) is 5.02 Å². The minimum atomic E-state index is -4.70. The number of carbonyl (C=O) groups excluding carboxylic acids is 1. The van der Waals surface area contributed by atoms with Crippen LogP contribution in [0.15, 0.2) is 95.7 Å². The van der Waals surface area contributed by atoms with Crippen LogP contribution < -0.4 is 14.4 Å². The van der Waals surface area contributed by atoms with Crippen LogP contribution in [-0.2, 0) is 24.8 Å². The molecule has 0 unspecified atom stereocenters. The molecular weight excluding hydrogens is 922 g/mol. The van der Waals surface area contributed by atoms with Gasteiger partial charge >= 0.3 is 5.69 Å². The minimum absolute atomic E-state index is 0.0166. The Bertz CT molecular complexity index is 3150. The van der Waals surface area contributed by atoms with Crippen molar-refractivity contribution < 1.29 is 36.0 Å². The molecule has 5 heterocycles. The Morgan fingerprint density at radius 2 is 1.79 bits per heavy atom. The van der Waals surface area contributed by atoms with Gasteiger partial charge in [0.05, 0.1) is 45.6 Å². The molecule has 352 valence electrons. The fourth-order valence-electron chi connectivity index (χ4n) is 9.04. The lowest BCUT2D eigenvalue weighted by Gasteiger charge is -2.39. The number of hydrogen-bond acceptors (Lipinski definition) is 13. The maximum absolute atomic E-state index is 14.2. The molecule has 3 aromatic heterocycles. The number of ether oxygens (including phenoxy) is 2. The second kappa shape index (κ2) is 18.3. The lowest BCUT2D eigenvalue weighted by Crippen LogP contribution is -2.47. The van der Waals surface area contributed by atoms with Crippen LogP contribution in [0.4, 0.5) is 11.4 Å². The van der Waals surface area contributed by atoms with E-state index < -0.39 is 47.6 Å². The van der Waals surface area contributed by atoms with Gasteiger partial charge in [0.15, 0.2) is 5.75 Å². The third-order valence-corrected chi connectivity index (χ3v) is 15.6. The molecule has 3 aromatic carbocycles. The number of amides is 1. The molecule has 21 heteroatoms. The van der Waals surface area contributed by atoms with Gasteiger partial charge in [-0.05, 0) is 90.4 Å². The van der Waals surface area contributed by atoms with E-state index in [1.165, 1.54) is 21.0 Å². The van der Waals surface area contributed by atoms with Gasteiger partial charge in [-0.15, -0.1) is 0 Å². The van der Waals surface area contributed by atoms with Crippen molar-refractivity contribution in [3.8, 4) is 11.4 Å². The van der Waals surface area contributed by atoms with Crippen molar-refractivity contribution in [1.29, 1.82) is 0 Å². The van der Waals surface area contributed by atoms with Gasteiger partial charge in [0.25, 0.3) is 15.9 Å². The van der Waals surface area contributed by atoms with Gasteiger partial charge in [0, 0.05) is 74.2 Å². The molecule has 1 amide bonds. The maximum atomic E-state index is 14.2. The predicted octanol–water partition coefficient (Wildman–Crippen LogP) is 6.41. The summed E-state index contributed by atoms with van der Waals surface area (Å²) in [6.45, 7) is 8.51. The Morgan fingerprint density at radius 1 is 1.01 bits per heavy atom. The number of nitrogens with zero attached hydrogens (tertiary/aromatic N) is 7. The summed E-state index contributed by atoms with van der Waals surface area (Å²) in [7, 11) is -8.20. The zero-order valence-corrected chi connectivity index (χ0v) is 39.5. The standard InChI is InChI=1S/C46H50ClN9O9S2/c1-46(2)14-12-32(38(25-46)30-4-6-33(47)7-5-30)27-52-16-18-53(19-17-52)34-8-10-37(40(23-34)55-41-22-31-13-15-48-44(31)50-39(41)26-49-55)45(57)51-67(62,63)36-9-11-43(42(24-36)56(58)59)65-29-35-28-54(20-21-64-35)66(3,60)61/h4-11,13,15,22-24,26,35H,12,14,16-21,25,27-29H2,1-3H3,(H,48,50)(H,51,57)/t35-/m1/s1. The van der Waals surface area contributed by atoms with Gasteiger partial charge in [-0.1, -0.05) is 43.2 Å². The molecule has 2 aliphatic heterocycles. The van der Waals surface area contributed by atoms with Crippen LogP contribution in [0.5, 0.6) is 5.75 Å². The van der Waals surface area contributed by atoms with E-state index in [4.69, 9.17) is 21.1 Å². The Balaban J connectivity index is 0.962. The van der Waals surface area contributed by atoms with Crippen LogP contribution in [0.25, 0.3) is 33.3 Å². The first kappa shape index (κ1) is 46.2. The minimum Gasteiger partial charge on any atom is -0.484 e. The summed E-state index contributed by atoms with van der Waals surface area (Å²) in [5, 5.41) is 18.3. The third kappa shape index (κ3) is 10.0. The number of morpholine rings is 1. The SMILES string of the molecule is CC1(C)CCC(CN2CCN(c3ccc(C(=O)NS(=O)(=O)c4ccc(OC[C@H]5CN(S(C)(=O)=O)CCO5)c([N+](=O)[O-])c4)c(-n4ncc5nc6[nH]ccc6cc54)c3)CC2)=C(c2ccc(Cl)cc2)C1. The molecule has 0 bridgehead atoms. The van der Waals surface area contributed by atoms with Gasteiger partial charge in [-0.25, -0.2) is 31.2 Å². The molecule has 3 aliphatic rings. The number of nitro groups is 1. The average Bonchev–Trinajstić information content (AvgIpc) is 3.94. The molecule has 2 saturated heterocycles. The lowest BCUT2D eigenvalue weighted by atomic mass is 9.72. The summed E-state index contributed by atoms with van der Waals surface area (Å²) in [4.78, 5) is 37.5. The molecule has 9 rings (SSSR count). The van der Waals surface area contributed by atoms with Crippen LogP contribution in [0.3, 0.4) is 0 Å². The van der Waals surface area contributed by atoms with Crippen molar-refractivity contribution in [2.75, 3.05) is 70.2 Å². The zero-order valence-electron chi connectivity index (χ0n) is 37.1. The normalized spacial score (nSPS) is 18.7. The molecule has 67 heavy (non-hydrogen) atoms. The zero-order chi connectivity index (χ0) is 47.3. The summed E-state index contributed by atoms with van der Waals surface area (Å²) in [5.74, 6) is -1.25. The number of nitro benzene ring substituents is 1. The van der Waals surface area contributed by atoms with E-state index in [-0.39, 0.29) is 43.0 Å². The number of fused-ring (bicyclic) bond motifs is 2. The second-order valence-electron chi connectivity index (χ2n) is 18.0. The number of aromatic amines is 1. The smallest absolute Gasteiger partial charge is 0.312 e. The van der Waals surface area contributed by atoms with Crippen molar-refractivity contribution in [2.45, 2.75) is 44.1 Å². The highest BCUT2D eigenvalue weighted by atomic mass is 35.5. The number of pyridine rings is 1. The van der Waals surface area contributed by atoms with Crippen molar-refractivity contribution in [3.05, 3.63) is 117 Å². The fraction of sp³-hybridized carbons (Fsp3) is 0.370. The summed E-state index contributed by atoms with van der Waals surface area (Å²) in [5.41, 5.74) is 6.46. The van der Waals surface area contributed by atoms with E-state index in [1.54, 1.807) is 29.2 Å². The number of halogens is 1. The number of H-pyrrole nitrogens is 1. The maximum Gasteiger partial charge on any atom is 0.312 e. The number of benzene rings is 3. The predicted molar refractivity (Wildman–Crippen MR) is 255 cm³/mol. The van der Waals surface area contributed by atoms with Gasteiger partial charge in [0.1, 0.15) is 23.9 Å². The number of anilines is 1. The third-order valence-electron chi connectivity index (χ3n) is 12.7. The van der Waals surface area contributed by atoms with E-state index in [0.29, 0.717) is 40.5 Å². The molecule has 0 spiro atoms. The quantitative estimate of drug-likeness (QED) is 0.0947. The molecule has 1 atom stereocenters. The van der Waals surface area contributed by atoms with Crippen molar-refractivity contribution >= 4 is 76.6 Å². The number of carbonyl (C=O) groups is 1. The van der Waals surface area contributed by atoms with Gasteiger partial charge in [-0.2, -0.15) is 9.40 Å². The lowest BCUT2D eigenvalue weighted by molar-refractivity contribution is -0.386. The number of hydrogen-bond donors (Lipinski definition) is 2. The summed E-state index contributed by atoms with van der Waals surface area (Å²) in [6.07, 6.45) is 6.83. The van der Waals surface area contributed by atoms with Gasteiger partial charge in [0.2, 0.25) is 10.0 Å². The molecular formula is C46H50ClN9O9S2. The Hall–Kier alpha value is -5.90. The van der Waals surface area contributed by atoms with Crippen LogP contribution in [0, 0.1) is 15.5 Å². The molecule has 1 aliphatic carbocycles. The molecule has 6 aromatic rings. The Labute approximate surface area is 392 Å². The van der Waals surface area contributed by atoms with Crippen molar-refractivity contribution in [1.82, 2.24) is 33.7 Å². The van der Waals surface area contributed by atoms with Crippen LogP contribution in [-0.4, -0.2) is 128 Å². The van der Waals surface area contributed by atoms with E-state index in [2.05, 4.69) is 55.6 Å². The number of allylic oxidation sites excluding steroid dienone is 1. The molecule has 0 saturated carbocycles. The molecule has 2 N–H and O–H groups in total. The highest BCUT2D eigenvalue weighted by molar-refractivity contribution is 7.90. The van der Waals surface area contributed by atoms with Crippen LogP contribution >= 0.6 is 11.6 Å².